The minimum atomic E-state index is 0.193. The van der Waals surface area contributed by atoms with Crippen LogP contribution in [-0.4, -0.2) is 23.8 Å². The molecule has 0 bridgehead atoms. The van der Waals surface area contributed by atoms with Crippen LogP contribution in [0.15, 0.2) is 28.7 Å². The van der Waals surface area contributed by atoms with Crippen LogP contribution >= 0.6 is 0 Å². The van der Waals surface area contributed by atoms with Crippen LogP contribution in [-0.2, 0) is 16.1 Å². The Kier molecular flexibility index (Phi) is 7.03. The highest BCUT2D eigenvalue weighted by molar-refractivity contribution is 5.54. The molecule has 1 heterocycles. The van der Waals surface area contributed by atoms with E-state index in [-0.39, 0.29) is 12.2 Å². The largest absolute Gasteiger partial charge is 0.441 e. The summed E-state index contributed by atoms with van der Waals surface area (Å²) in [6.45, 7) is 5.12. The second kappa shape index (κ2) is 9.68. The minimum Gasteiger partial charge on any atom is -0.441 e. The van der Waals surface area contributed by atoms with E-state index in [1.54, 1.807) is 0 Å². The van der Waals surface area contributed by atoms with Gasteiger partial charge in [0.05, 0.1) is 24.9 Å². The monoisotopic (exact) mass is 368 g/mol. The van der Waals surface area contributed by atoms with Gasteiger partial charge < -0.3 is 13.9 Å². The number of oxazole rings is 1. The van der Waals surface area contributed by atoms with Crippen LogP contribution in [0.3, 0.4) is 0 Å². The van der Waals surface area contributed by atoms with Crippen molar-refractivity contribution < 1.29 is 13.9 Å². The summed E-state index contributed by atoms with van der Waals surface area (Å²) in [7, 11) is 0. The quantitative estimate of drug-likeness (QED) is 0.606. The summed E-state index contributed by atoms with van der Waals surface area (Å²) in [5.74, 6) is 1.46. The van der Waals surface area contributed by atoms with Crippen molar-refractivity contribution in [3.63, 3.8) is 0 Å². The molecule has 0 N–H and O–H groups in total. The summed E-state index contributed by atoms with van der Waals surface area (Å²) in [5.41, 5.74) is 3.04. The Morgan fingerprint density at radius 3 is 2.81 bits per heavy atom. The third kappa shape index (κ3) is 5.66. The molecular weight excluding hydrogens is 340 g/mol. The Morgan fingerprint density at radius 1 is 1.22 bits per heavy atom. The van der Waals surface area contributed by atoms with Crippen LogP contribution in [0.5, 0.6) is 0 Å². The first-order valence-corrected chi connectivity index (χ1v) is 9.79. The number of rotatable bonds is 8. The summed E-state index contributed by atoms with van der Waals surface area (Å²) in [5, 5.41) is 8.59. The van der Waals surface area contributed by atoms with Crippen LogP contribution in [0.4, 0.5) is 0 Å². The highest BCUT2D eigenvalue weighted by Crippen LogP contribution is 2.27. The first-order chi connectivity index (χ1) is 13.2. The third-order valence-corrected chi connectivity index (χ3v) is 4.98. The highest BCUT2D eigenvalue weighted by Gasteiger charge is 2.24. The van der Waals surface area contributed by atoms with Crippen LogP contribution in [0, 0.1) is 25.2 Å². The van der Waals surface area contributed by atoms with Crippen LogP contribution in [0.25, 0.3) is 11.5 Å². The van der Waals surface area contributed by atoms with E-state index in [0.717, 1.165) is 49.1 Å². The van der Waals surface area contributed by atoms with Gasteiger partial charge in [-0.25, -0.2) is 4.98 Å². The smallest absolute Gasteiger partial charge is 0.226 e. The second-order valence-electron chi connectivity index (χ2n) is 7.25. The molecule has 1 aliphatic rings. The zero-order chi connectivity index (χ0) is 19.1. The van der Waals surface area contributed by atoms with E-state index in [1.165, 1.54) is 5.56 Å². The number of aromatic nitrogens is 1. The Morgan fingerprint density at radius 2 is 2.04 bits per heavy atom. The predicted molar refractivity (Wildman–Crippen MR) is 103 cm³/mol. The lowest BCUT2D eigenvalue weighted by Crippen LogP contribution is -2.28. The Labute approximate surface area is 161 Å². The fourth-order valence-electron chi connectivity index (χ4n) is 3.47. The van der Waals surface area contributed by atoms with Gasteiger partial charge in [0.1, 0.15) is 11.5 Å². The van der Waals surface area contributed by atoms with E-state index in [9.17, 15) is 0 Å². The molecule has 2 aromatic rings. The van der Waals surface area contributed by atoms with Crippen molar-refractivity contribution in [3.8, 4) is 17.5 Å². The molecule has 0 saturated heterocycles. The summed E-state index contributed by atoms with van der Waals surface area (Å²) in [6, 6.07) is 10.3. The molecule has 0 radical (unpaired) electrons. The van der Waals surface area contributed by atoms with Gasteiger partial charge in [-0.3, -0.25) is 0 Å². The predicted octanol–water partition coefficient (Wildman–Crippen LogP) is 5.11. The average molecular weight is 368 g/mol. The van der Waals surface area contributed by atoms with Crippen molar-refractivity contribution in [2.45, 2.75) is 71.2 Å². The van der Waals surface area contributed by atoms with Crippen molar-refractivity contribution in [2.75, 3.05) is 6.61 Å². The normalized spacial score (nSPS) is 19.7. The van der Waals surface area contributed by atoms with E-state index < -0.39 is 0 Å². The molecule has 0 spiro atoms. The Hall–Kier alpha value is -2.16. The van der Waals surface area contributed by atoms with E-state index in [4.69, 9.17) is 19.2 Å². The number of benzene rings is 1. The Bertz CT molecular complexity index is 778. The van der Waals surface area contributed by atoms with Crippen LogP contribution in [0.2, 0.25) is 0 Å². The van der Waals surface area contributed by atoms with Gasteiger partial charge >= 0.3 is 0 Å². The lowest BCUT2D eigenvalue weighted by Gasteiger charge is -2.29. The van der Waals surface area contributed by atoms with Crippen LogP contribution in [0.1, 0.15) is 55.5 Å². The van der Waals surface area contributed by atoms with Gasteiger partial charge in [0.25, 0.3) is 0 Å². The summed E-state index contributed by atoms with van der Waals surface area (Å²) >= 11 is 0. The Balaban J connectivity index is 1.52. The lowest BCUT2D eigenvalue weighted by atomic mass is 9.95. The summed E-state index contributed by atoms with van der Waals surface area (Å²) in [6.07, 6.45) is 5.95. The number of nitriles is 1. The molecule has 0 unspecified atom stereocenters. The molecular formula is C22H28N2O3. The first kappa shape index (κ1) is 19.6. The van der Waals surface area contributed by atoms with Gasteiger partial charge in [-0.1, -0.05) is 17.7 Å². The lowest BCUT2D eigenvalue weighted by molar-refractivity contribution is -0.0512. The molecule has 1 aromatic heterocycles. The number of aryl methyl sites for hydroxylation is 2. The van der Waals surface area contributed by atoms with Gasteiger partial charge in [0.15, 0.2) is 0 Å². The molecule has 2 atom stereocenters. The first-order valence-electron chi connectivity index (χ1n) is 9.79. The van der Waals surface area contributed by atoms with Crippen molar-refractivity contribution in [1.29, 1.82) is 5.26 Å². The molecule has 27 heavy (non-hydrogen) atoms. The van der Waals surface area contributed by atoms with Gasteiger partial charge in [-0.15, -0.1) is 0 Å². The molecule has 5 heteroatoms. The average Bonchev–Trinajstić information content (AvgIpc) is 3.05. The van der Waals surface area contributed by atoms with Crippen molar-refractivity contribution >= 4 is 0 Å². The molecule has 0 aliphatic heterocycles. The van der Waals surface area contributed by atoms with E-state index >= 15 is 0 Å². The van der Waals surface area contributed by atoms with Crippen LogP contribution < -0.4 is 0 Å². The van der Waals surface area contributed by atoms with E-state index in [2.05, 4.69) is 30.1 Å². The van der Waals surface area contributed by atoms with Crippen molar-refractivity contribution in [3.05, 3.63) is 41.3 Å². The van der Waals surface area contributed by atoms with Gasteiger partial charge in [0, 0.05) is 18.6 Å². The van der Waals surface area contributed by atoms with Crippen molar-refractivity contribution in [2.24, 2.45) is 0 Å². The van der Waals surface area contributed by atoms with Gasteiger partial charge in [-0.05, 0) is 58.1 Å². The maximum Gasteiger partial charge on any atom is 0.226 e. The molecule has 1 aromatic carbocycles. The minimum absolute atomic E-state index is 0.193. The molecule has 1 saturated carbocycles. The summed E-state index contributed by atoms with van der Waals surface area (Å²) < 4.78 is 17.9. The maximum atomic E-state index is 8.59. The fraction of sp³-hybridized carbons (Fsp3) is 0.545. The highest BCUT2D eigenvalue weighted by atomic mass is 16.5. The molecule has 0 amide bonds. The molecule has 3 rings (SSSR count). The van der Waals surface area contributed by atoms with Gasteiger partial charge in [-0.2, -0.15) is 5.26 Å². The number of nitrogens with zero attached hydrogens (tertiary/aromatic N) is 2. The molecule has 144 valence electrons. The number of unbranched alkanes of at least 4 members (excludes halogenated alkanes) is 1. The zero-order valence-electron chi connectivity index (χ0n) is 16.2. The number of hydrogen-bond acceptors (Lipinski definition) is 5. The number of ether oxygens (including phenoxy) is 2. The number of hydrogen-bond donors (Lipinski definition) is 0. The SMILES string of the molecule is Cc1cccc(-c2nc(CO[C@H]3CCC[C@@H](OCCCC#N)C3)c(C)o2)c1. The van der Waals surface area contributed by atoms with E-state index in [0.29, 0.717) is 25.5 Å². The van der Waals surface area contributed by atoms with Crippen molar-refractivity contribution in [1.82, 2.24) is 4.98 Å². The van der Waals surface area contributed by atoms with E-state index in [1.807, 2.05) is 19.1 Å². The standard InChI is InChI=1S/C22H28N2O3/c1-16-7-5-8-18(13-16)22-24-21(17(2)27-22)15-26-20-10-6-9-19(14-20)25-12-4-3-11-23/h5,7-8,13,19-20H,3-4,6,9-10,12,14-15H2,1-2H3/t19-,20+/m1/s1. The molecule has 1 aliphatic carbocycles. The zero-order valence-corrected chi connectivity index (χ0v) is 16.2. The second-order valence-corrected chi connectivity index (χ2v) is 7.25. The topological polar surface area (TPSA) is 68.3 Å². The summed E-state index contributed by atoms with van der Waals surface area (Å²) in [4.78, 5) is 4.64. The third-order valence-electron chi connectivity index (χ3n) is 4.98. The fourth-order valence-corrected chi connectivity index (χ4v) is 3.47. The molecule has 5 nitrogen and oxygen atoms in total. The molecule has 1 fully saturated rings. The maximum absolute atomic E-state index is 8.59. The van der Waals surface area contributed by atoms with Gasteiger partial charge in [0.2, 0.25) is 5.89 Å².